The second-order valence-corrected chi connectivity index (χ2v) is 5.79. The number of carbonyl (C=O) groups is 1. The van der Waals surface area contributed by atoms with Crippen molar-refractivity contribution < 1.29 is 9.53 Å². The SMILES string of the molecule is Cc1cccc(OCC(=O)NN=Cc2ccc(Cl)cc2Cl)c1C. The van der Waals surface area contributed by atoms with Crippen LogP contribution in [0.1, 0.15) is 16.7 Å². The summed E-state index contributed by atoms with van der Waals surface area (Å²) in [6.45, 7) is 3.82. The van der Waals surface area contributed by atoms with Crippen LogP contribution in [0.2, 0.25) is 10.0 Å². The van der Waals surface area contributed by atoms with Crippen LogP contribution >= 0.6 is 23.2 Å². The zero-order chi connectivity index (χ0) is 16.8. The molecule has 0 bridgehead atoms. The van der Waals surface area contributed by atoms with Crippen LogP contribution in [0.25, 0.3) is 0 Å². The van der Waals surface area contributed by atoms with Crippen LogP contribution in [0.15, 0.2) is 41.5 Å². The van der Waals surface area contributed by atoms with E-state index in [0.29, 0.717) is 21.4 Å². The molecular formula is C17H16Cl2N2O2. The van der Waals surface area contributed by atoms with Gasteiger partial charge in [0.25, 0.3) is 5.91 Å². The topological polar surface area (TPSA) is 50.7 Å². The number of rotatable bonds is 5. The van der Waals surface area contributed by atoms with Crippen LogP contribution in [-0.4, -0.2) is 18.7 Å². The molecule has 0 aliphatic heterocycles. The Morgan fingerprint density at radius 2 is 2.04 bits per heavy atom. The van der Waals surface area contributed by atoms with Crippen LogP contribution in [-0.2, 0) is 4.79 Å². The number of amides is 1. The second kappa shape index (κ2) is 7.99. The maximum Gasteiger partial charge on any atom is 0.277 e. The van der Waals surface area contributed by atoms with Crippen molar-refractivity contribution in [2.45, 2.75) is 13.8 Å². The molecule has 0 atom stereocenters. The lowest BCUT2D eigenvalue weighted by molar-refractivity contribution is -0.123. The summed E-state index contributed by atoms with van der Waals surface area (Å²) in [5.41, 5.74) is 5.17. The summed E-state index contributed by atoms with van der Waals surface area (Å²) < 4.78 is 5.49. The minimum atomic E-state index is -0.354. The Morgan fingerprint density at radius 3 is 2.78 bits per heavy atom. The van der Waals surface area contributed by atoms with E-state index in [-0.39, 0.29) is 12.5 Å². The van der Waals surface area contributed by atoms with E-state index in [4.69, 9.17) is 27.9 Å². The third-order valence-electron chi connectivity index (χ3n) is 3.27. The number of hydrogen-bond acceptors (Lipinski definition) is 3. The van der Waals surface area contributed by atoms with Crippen LogP contribution < -0.4 is 10.2 Å². The molecule has 0 radical (unpaired) electrons. The van der Waals surface area contributed by atoms with Gasteiger partial charge >= 0.3 is 0 Å². The molecule has 0 unspecified atom stereocenters. The van der Waals surface area contributed by atoms with Gasteiger partial charge in [0, 0.05) is 10.6 Å². The maximum atomic E-state index is 11.7. The number of ether oxygens (including phenoxy) is 1. The Labute approximate surface area is 145 Å². The first-order chi connectivity index (χ1) is 11.0. The Kier molecular flexibility index (Phi) is 6.02. The lowest BCUT2D eigenvalue weighted by Crippen LogP contribution is -2.24. The van der Waals surface area contributed by atoms with Crippen molar-refractivity contribution >= 4 is 35.3 Å². The lowest BCUT2D eigenvalue weighted by Gasteiger charge is -2.09. The third kappa shape index (κ3) is 4.98. The normalized spacial score (nSPS) is 10.8. The summed E-state index contributed by atoms with van der Waals surface area (Å²) in [5, 5.41) is 4.85. The number of aryl methyl sites for hydroxylation is 1. The molecule has 6 heteroatoms. The molecule has 0 aliphatic carbocycles. The summed E-state index contributed by atoms with van der Waals surface area (Å²) >= 11 is 11.8. The highest BCUT2D eigenvalue weighted by atomic mass is 35.5. The van der Waals surface area contributed by atoms with Gasteiger partial charge in [0.2, 0.25) is 0 Å². The molecule has 0 fully saturated rings. The first-order valence-electron chi connectivity index (χ1n) is 6.93. The van der Waals surface area contributed by atoms with E-state index >= 15 is 0 Å². The summed E-state index contributed by atoms with van der Waals surface area (Å²) in [7, 11) is 0. The number of hydrazone groups is 1. The monoisotopic (exact) mass is 350 g/mol. The van der Waals surface area contributed by atoms with Gasteiger partial charge in [0.15, 0.2) is 6.61 Å². The van der Waals surface area contributed by atoms with Crippen molar-refractivity contribution in [2.24, 2.45) is 5.10 Å². The van der Waals surface area contributed by atoms with Gasteiger partial charge < -0.3 is 4.74 Å². The zero-order valence-corrected chi connectivity index (χ0v) is 14.3. The van der Waals surface area contributed by atoms with E-state index < -0.39 is 0 Å². The minimum absolute atomic E-state index is 0.115. The number of halogens is 2. The average molecular weight is 351 g/mol. The van der Waals surface area contributed by atoms with Crippen LogP contribution in [0, 0.1) is 13.8 Å². The van der Waals surface area contributed by atoms with E-state index in [1.54, 1.807) is 18.2 Å². The van der Waals surface area contributed by atoms with Gasteiger partial charge in [-0.1, -0.05) is 41.4 Å². The third-order valence-corrected chi connectivity index (χ3v) is 3.83. The summed E-state index contributed by atoms with van der Waals surface area (Å²) in [4.78, 5) is 11.7. The quantitative estimate of drug-likeness (QED) is 0.650. The van der Waals surface area contributed by atoms with E-state index in [9.17, 15) is 4.79 Å². The average Bonchev–Trinajstić information content (AvgIpc) is 2.51. The second-order valence-electron chi connectivity index (χ2n) is 4.95. The predicted octanol–water partition coefficient (Wildman–Crippen LogP) is 4.14. The van der Waals surface area contributed by atoms with E-state index in [1.807, 2.05) is 32.0 Å². The molecule has 120 valence electrons. The highest BCUT2D eigenvalue weighted by Gasteiger charge is 2.05. The molecule has 1 N–H and O–H groups in total. The largest absolute Gasteiger partial charge is 0.483 e. The molecule has 0 saturated heterocycles. The fourth-order valence-corrected chi connectivity index (χ4v) is 2.29. The van der Waals surface area contributed by atoms with Gasteiger partial charge in [-0.05, 0) is 43.2 Å². The molecule has 1 amide bonds. The number of hydrogen-bond donors (Lipinski definition) is 1. The molecule has 2 aromatic carbocycles. The Hall–Kier alpha value is -2.04. The number of carbonyl (C=O) groups excluding carboxylic acids is 1. The highest BCUT2D eigenvalue weighted by molar-refractivity contribution is 6.36. The van der Waals surface area contributed by atoms with Gasteiger partial charge in [-0.3, -0.25) is 4.79 Å². The van der Waals surface area contributed by atoms with Crippen molar-refractivity contribution in [3.63, 3.8) is 0 Å². The van der Waals surface area contributed by atoms with Gasteiger partial charge in [0.1, 0.15) is 5.75 Å². The van der Waals surface area contributed by atoms with Gasteiger partial charge in [-0.2, -0.15) is 5.10 Å². The fraction of sp³-hybridized carbons (Fsp3) is 0.176. The number of nitrogens with one attached hydrogen (secondary N) is 1. The molecule has 0 heterocycles. The van der Waals surface area contributed by atoms with Crippen molar-refractivity contribution in [1.82, 2.24) is 5.43 Å². The molecule has 2 rings (SSSR count). The predicted molar refractivity (Wildman–Crippen MR) is 93.6 cm³/mol. The zero-order valence-electron chi connectivity index (χ0n) is 12.8. The standard InChI is InChI=1S/C17H16Cl2N2O2/c1-11-4-3-5-16(12(11)2)23-10-17(22)21-20-9-13-6-7-14(18)8-15(13)19/h3-9H,10H2,1-2H3,(H,21,22). The molecule has 2 aromatic rings. The van der Waals surface area contributed by atoms with Crippen LogP contribution in [0.5, 0.6) is 5.75 Å². The number of nitrogens with zero attached hydrogens (tertiary/aromatic N) is 1. The molecule has 0 aromatic heterocycles. The summed E-state index contributed by atoms with van der Waals surface area (Å²) in [5.74, 6) is 0.331. The number of benzene rings is 2. The Morgan fingerprint density at radius 1 is 1.26 bits per heavy atom. The molecule has 0 spiro atoms. The van der Waals surface area contributed by atoms with Gasteiger partial charge in [-0.15, -0.1) is 0 Å². The molecule has 0 saturated carbocycles. The van der Waals surface area contributed by atoms with Crippen molar-refractivity contribution in [3.8, 4) is 5.75 Å². The van der Waals surface area contributed by atoms with E-state index in [2.05, 4.69) is 10.5 Å². The maximum absolute atomic E-state index is 11.7. The van der Waals surface area contributed by atoms with Crippen LogP contribution in [0.4, 0.5) is 0 Å². The smallest absolute Gasteiger partial charge is 0.277 e. The van der Waals surface area contributed by atoms with Gasteiger partial charge in [-0.25, -0.2) is 5.43 Å². The van der Waals surface area contributed by atoms with Crippen molar-refractivity contribution in [2.75, 3.05) is 6.61 Å². The fourth-order valence-electron chi connectivity index (χ4n) is 1.84. The van der Waals surface area contributed by atoms with E-state index in [1.165, 1.54) is 6.21 Å². The molecule has 0 aliphatic rings. The lowest BCUT2D eigenvalue weighted by atomic mass is 10.1. The molecule has 4 nitrogen and oxygen atoms in total. The van der Waals surface area contributed by atoms with Gasteiger partial charge in [0.05, 0.1) is 11.2 Å². The highest BCUT2D eigenvalue weighted by Crippen LogP contribution is 2.20. The van der Waals surface area contributed by atoms with Crippen molar-refractivity contribution in [3.05, 3.63) is 63.1 Å². The summed E-state index contributed by atoms with van der Waals surface area (Å²) in [6.07, 6.45) is 1.45. The summed E-state index contributed by atoms with van der Waals surface area (Å²) in [6, 6.07) is 10.7. The Bertz CT molecular complexity index is 745. The first kappa shape index (κ1) is 17.3. The minimum Gasteiger partial charge on any atom is -0.483 e. The molecular weight excluding hydrogens is 335 g/mol. The molecule has 23 heavy (non-hydrogen) atoms. The van der Waals surface area contributed by atoms with Crippen LogP contribution in [0.3, 0.4) is 0 Å². The first-order valence-corrected chi connectivity index (χ1v) is 7.69. The Balaban J connectivity index is 1.87. The van der Waals surface area contributed by atoms with E-state index in [0.717, 1.165) is 11.1 Å². The van der Waals surface area contributed by atoms with Crippen molar-refractivity contribution in [1.29, 1.82) is 0 Å².